The number of methoxy groups -OCH3 is 1. The molecule has 6 heteroatoms. The van der Waals surface area contributed by atoms with Gasteiger partial charge in [-0.05, 0) is 19.3 Å². The Morgan fingerprint density at radius 3 is 2.40 bits per heavy atom. The van der Waals surface area contributed by atoms with E-state index in [1.54, 1.807) is 7.11 Å². The van der Waals surface area contributed by atoms with Gasteiger partial charge >= 0.3 is 11.8 Å². The van der Waals surface area contributed by atoms with Crippen LogP contribution in [0.25, 0.3) is 0 Å². The molecule has 2 N–H and O–H groups in total. The van der Waals surface area contributed by atoms with Crippen LogP contribution in [0.1, 0.15) is 19.3 Å². The number of aliphatic imine (C=N–C) groups is 1. The molecule has 0 unspecified atom stereocenters. The van der Waals surface area contributed by atoms with Crippen LogP contribution in [0.5, 0.6) is 0 Å². The highest BCUT2D eigenvalue weighted by molar-refractivity contribution is 6.45. The van der Waals surface area contributed by atoms with Crippen LogP contribution in [0.3, 0.4) is 0 Å². The van der Waals surface area contributed by atoms with Gasteiger partial charge in [0, 0.05) is 20.3 Å². The number of nitrogens with one attached hydrogen (secondary N) is 2. The third-order valence-electron chi connectivity index (χ3n) is 1.95. The third-order valence-corrected chi connectivity index (χ3v) is 1.95. The number of rotatable bonds is 6. The zero-order valence-electron chi connectivity index (χ0n) is 8.71. The zero-order chi connectivity index (χ0) is 11.1. The van der Waals surface area contributed by atoms with Crippen molar-refractivity contribution in [2.75, 3.05) is 20.3 Å². The lowest BCUT2D eigenvalue weighted by molar-refractivity contribution is -0.135. The molecule has 0 spiro atoms. The van der Waals surface area contributed by atoms with Crippen molar-refractivity contribution in [2.24, 2.45) is 4.99 Å². The fourth-order valence-electron chi connectivity index (χ4n) is 1.16. The fraction of sp³-hybridized carbons (Fsp3) is 0.667. The number of carbonyl (C=O) groups is 2. The second kappa shape index (κ2) is 6.13. The molecule has 0 aromatic carbocycles. The van der Waals surface area contributed by atoms with E-state index in [0.717, 1.165) is 25.9 Å². The smallest absolute Gasteiger partial charge is 0.316 e. The van der Waals surface area contributed by atoms with Gasteiger partial charge in [-0.25, -0.2) is 0 Å². The average Bonchev–Trinajstić information content (AvgIpc) is 2.52. The van der Waals surface area contributed by atoms with Gasteiger partial charge in [0.25, 0.3) is 0 Å². The van der Waals surface area contributed by atoms with Gasteiger partial charge in [0.05, 0.1) is 0 Å². The summed E-state index contributed by atoms with van der Waals surface area (Å²) < 4.78 is 4.90. The molecular weight excluding hydrogens is 198 g/mol. The molecular formula is C9H15N3O3. The molecule has 0 atom stereocenters. The van der Waals surface area contributed by atoms with E-state index in [2.05, 4.69) is 15.6 Å². The van der Waals surface area contributed by atoms with Gasteiger partial charge in [0.15, 0.2) is 0 Å². The summed E-state index contributed by atoms with van der Waals surface area (Å²) in [6.07, 6.45) is 2.94. The molecule has 0 aliphatic carbocycles. The summed E-state index contributed by atoms with van der Waals surface area (Å²) in [5, 5.41) is 4.66. The fourth-order valence-corrected chi connectivity index (χ4v) is 1.16. The number of ether oxygens (including phenoxy) is 1. The average molecular weight is 213 g/mol. The Bertz CT molecular complexity index is 258. The highest BCUT2D eigenvalue weighted by Crippen LogP contribution is 1.96. The van der Waals surface area contributed by atoms with E-state index in [4.69, 9.17) is 4.74 Å². The summed E-state index contributed by atoms with van der Waals surface area (Å²) in [4.78, 5) is 25.5. The minimum absolute atomic E-state index is 0.261. The van der Waals surface area contributed by atoms with Crippen LogP contribution in [0.2, 0.25) is 0 Å². The Balaban J connectivity index is 2.11. The Hall–Kier alpha value is -1.43. The minimum atomic E-state index is -0.645. The molecule has 84 valence electrons. The van der Waals surface area contributed by atoms with Crippen molar-refractivity contribution in [2.45, 2.75) is 19.3 Å². The standard InChI is InChI=1S/C9H15N3O3/c1-15-6-4-2-3-5-10-9-11-7(13)8(14)12-9/h2-6H2,1H3,(H2,10,11,12,13,14). The molecule has 1 saturated heterocycles. The van der Waals surface area contributed by atoms with Gasteiger partial charge in [0.2, 0.25) is 5.96 Å². The first-order chi connectivity index (χ1) is 7.24. The molecule has 1 aliphatic rings. The van der Waals surface area contributed by atoms with Gasteiger partial charge < -0.3 is 4.74 Å². The molecule has 0 radical (unpaired) electrons. The van der Waals surface area contributed by atoms with Crippen molar-refractivity contribution in [3.05, 3.63) is 0 Å². The third kappa shape index (κ3) is 4.07. The largest absolute Gasteiger partial charge is 0.385 e. The van der Waals surface area contributed by atoms with Crippen LogP contribution < -0.4 is 10.6 Å². The number of nitrogens with zero attached hydrogens (tertiary/aromatic N) is 1. The van der Waals surface area contributed by atoms with E-state index in [1.807, 2.05) is 0 Å². The van der Waals surface area contributed by atoms with Crippen LogP contribution in [-0.2, 0) is 14.3 Å². The molecule has 0 aromatic heterocycles. The second-order valence-electron chi connectivity index (χ2n) is 3.19. The lowest BCUT2D eigenvalue weighted by atomic mass is 10.2. The van der Waals surface area contributed by atoms with Crippen LogP contribution in [0.4, 0.5) is 0 Å². The predicted octanol–water partition coefficient (Wildman–Crippen LogP) is -0.595. The normalized spacial score (nSPS) is 15.1. The molecule has 0 aromatic rings. The monoisotopic (exact) mass is 213 g/mol. The zero-order valence-corrected chi connectivity index (χ0v) is 8.71. The summed E-state index contributed by atoms with van der Waals surface area (Å²) in [7, 11) is 1.67. The quantitative estimate of drug-likeness (QED) is 0.457. The van der Waals surface area contributed by atoms with Gasteiger partial charge in [-0.1, -0.05) is 0 Å². The van der Waals surface area contributed by atoms with Crippen LogP contribution >= 0.6 is 0 Å². The van der Waals surface area contributed by atoms with E-state index >= 15 is 0 Å². The van der Waals surface area contributed by atoms with E-state index in [0.29, 0.717) is 6.54 Å². The Labute approximate surface area is 88.1 Å². The van der Waals surface area contributed by atoms with Crippen LogP contribution in [-0.4, -0.2) is 38.0 Å². The molecule has 0 bridgehead atoms. The van der Waals surface area contributed by atoms with Crippen molar-refractivity contribution in [1.82, 2.24) is 10.6 Å². The van der Waals surface area contributed by atoms with E-state index < -0.39 is 11.8 Å². The van der Waals surface area contributed by atoms with Gasteiger partial charge in [0.1, 0.15) is 0 Å². The summed E-state index contributed by atoms with van der Waals surface area (Å²) >= 11 is 0. The number of guanidine groups is 1. The molecule has 1 fully saturated rings. The number of hydrogen-bond acceptors (Lipinski definition) is 4. The van der Waals surface area contributed by atoms with Crippen molar-refractivity contribution >= 4 is 17.8 Å². The molecule has 1 rings (SSSR count). The van der Waals surface area contributed by atoms with Crippen molar-refractivity contribution in [1.29, 1.82) is 0 Å². The van der Waals surface area contributed by atoms with Crippen LogP contribution in [0.15, 0.2) is 4.99 Å². The SMILES string of the molecule is COCCCCCN=C1NC(=O)C(=O)N1. The van der Waals surface area contributed by atoms with Crippen molar-refractivity contribution < 1.29 is 14.3 Å². The second-order valence-corrected chi connectivity index (χ2v) is 3.19. The van der Waals surface area contributed by atoms with E-state index in [1.165, 1.54) is 0 Å². The van der Waals surface area contributed by atoms with E-state index in [9.17, 15) is 9.59 Å². The van der Waals surface area contributed by atoms with Gasteiger partial charge in [-0.15, -0.1) is 0 Å². The van der Waals surface area contributed by atoms with Crippen LogP contribution in [0, 0.1) is 0 Å². The summed E-state index contributed by atoms with van der Waals surface area (Å²) in [6, 6.07) is 0. The molecule has 1 heterocycles. The molecule has 15 heavy (non-hydrogen) atoms. The summed E-state index contributed by atoms with van der Waals surface area (Å²) in [5.74, 6) is -1.03. The lowest BCUT2D eigenvalue weighted by Crippen LogP contribution is -2.25. The predicted molar refractivity (Wildman–Crippen MR) is 54.3 cm³/mol. The van der Waals surface area contributed by atoms with Gasteiger partial charge in [-0.2, -0.15) is 0 Å². The summed E-state index contributed by atoms with van der Waals surface area (Å²) in [5.41, 5.74) is 0. The number of unbranched alkanes of at least 4 members (excludes halogenated alkanes) is 2. The first-order valence-corrected chi connectivity index (χ1v) is 4.90. The number of carbonyl (C=O) groups excluding carboxylic acids is 2. The van der Waals surface area contributed by atoms with Crippen molar-refractivity contribution in [3.8, 4) is 0 Å². The highest BCUT2D eigenvalue weighted by atomic mass is 16.5. The van der Waals surface area contributed by atoms with Crippen molar-refractivity contribution in [3.63, 3.8) is 0 Å². The Morgan fingerprint density at radius 2 is 1.80 bits per heavy atom. The highest BCUT2D eigenvalue weighted by Gasteiger charge is 2.24. The Morgan fingerprint density at radius 1 is 1.13 bits per heavy atom. The minimum Gasteiger partial charge on any atom is -0.385 e. The first kappa shape index (κ1) is 11.6. The van der Waals surface area contributed by atoms with Gasteiger partial charge in [-0.3, -0.25) is 25.2 Å². The maximum Gasteiger partial charge on any atom is 0.316 e. The molecule has 6 nitrogen and oxygen atoms in total. The number of amides is 2. The molecule has 2 amide bonds. The van der Waals surface area contributed by atoms with E-state index in [-0.39, 0.29) is 5.96 Å². The molecule has 0 saturated carbocycles. The maximum atomic E-state index is 10.7. The maximum absolute atomic E-state index is 10.7. The first-order valence-electron chi connectivity index (χ1n) is 4.90. The molecule has 1 aliphatic heterocycles. The Kier molecular flexibility index (Phi) is 4.76. The lowest BCUT2D eigenvalue weighted by Gasteiger charge is -1.98. The summed E-state index contributed by atoms with van der Waals surface area (Å²) in [6.45, 7) is 1.35. The topological polar surface area (TPSA) is 79.8 Å². The number of hydrogen-bond donors (Lipinski definition) is 2.